The first-order valence-electron chi connectivity index (χ1n) is 5.59. The maximum absolute atomic E-state index is 6.21. The SMILES string of the molecule is Clc1nc2ccccc2nc1N1CCSCC1. The number of para-hydroxylation sites is 2. The van der Waals surface area contributed by atoms with Crippen LogP contribution in [0.5, 0.6) is 0 Å². The molecule has 1 fully saturated rings. The van der Waals surface area contributed by atoms with Gasteiger partial charge in [0.1, 0.15) is 0 Å². The van der Waals surface area contributed by atoms with E-state index in [4.69, 9.17) is 11.6 Å². The zero-order valence-corrected chi connectivity index (χ0v) is 10.8. The van der Waals surface area contributed by atoms with E-state index in [0.29, 0.717) is 5.15 Å². The second-order valence-corrected chi connectivity index (χ2v) is 5.51. The normalized spacial score (nSPS) is 16.4. The summed E-state index contributed by atoms with van der Waals surface area (Å²) in [5.74, 6) is 3.08. The van der Waals surface area contributed by atoms with Crippen LogP contribution < -0.4 is 4.90 Å². The van der Waals surface area contributed by atoms with Crippen LogP contribution >= 0.6 is 23.4 Å². The van der Waals surface area contributed by atoms with Crippen LogP contribution in [-0.4, -0.2) is 34.6 Å². The Labute approximate surface area is 109 Å². The van der Waals surface area contributed by atoms with Crippen LogP contribution in [0.25, 0.3) is 11.0 Å². The molecule has 0 radical (unpaired) electrons. The van der Waals surface area contributed by atoms with Gasteiger partial charge in [0.05, 0.1) is 11.0 Å². The Bertz CT molecular complexity index is 540. The monoisotopic (exact) mass is 265 g/mol. The molecule has 1 aliphatic heterocycles. The third kappa shape index (κ3) is 2.19. The van der Waals surface area contributed by atoms with E-state index < -0.39 is 0 Å². The van der Waals surface area contributed by atoms with Crippen molar-refractivity contribution < 1.29 is 0 Å². The molecule has 1 aliphatic rings. The van der Waals surface area contributed by atoms with Crippen molar-refractivity contribution in [3.05, 3.63) is 29.4 Å². The van der Waals surface area contributed by atoms with Gasteiger partial charge in [-0.25, -0.2) is 9.97 Å². The molecule has 0 amide bonds. The third-order valence-electron chi connectivity index (χ3n) is 2.82. The molecule has 2 heterocycles. The van der Waals surface area contributed by atoms with E-state index in [2.05, 4.69) is 14.9 Å². The molecule has 0 spiro atoms. The summed E-state index contributed by atoms with van der Waals surface area (Å²) in [5, 5.41) is 0.510. The molecular formula is C12H12ClN3S. The van der Waals surface area contributed by atoms with E-state index in [1.54, 1.807) is 0 Å². The molecule has 1 aromatic carbocycles. The lowest BCUT2D eigenvalue weighted by atomic mass is 10.3. The smallest absolute Gasteiger partial charge is 0.172 e. The highest BCUT2D eigenvalue weighted by atomic mass is 35.5. The van der Waals surface area contributed by atoms with Gasteiger partial charge in [0, 0.05) is 24.6 Å². The summed E-state index contributed by atoms with van der Waals surface area (Å²) in [6.07, 6.45) is 0. The minimum Gasteiger partial charge on any atom is -0.352 e. The molecular weight excluding hydrogens is 254 g/mol. The Morgan fingerprint density at radius 3 is 2.41 bits per heavy atom. The lowest BCUT2D eigenvalue weighted by Gasteiger charge is -2.27. The van der Waals surface area contributed by atoms with Crippen LogP contribution in [0, 0.1) is 0 Å². The molecule has 0 aliphatic carbocycles. The molecule has 0 atom stereocenters. The fourth-order valence-electron chi connectivity index (χ4n) is 1.95. The molecule has 3 nitrogen and oxygen atoms in total. The summed E-state index contributed by atoms with van der Waals surface area (Å²) in [5.41, 5.74) is 1.76. The van der Waals surface area contributed by atoms with Crippen LogP contribution in [0.4, 0.5) is 5.82 Å². The van der Waals surface area contributed by atoms with Crippen LogP contribution in [0.15, 0.2) is 24.3 Å². The van der Waals surface area contributed by atoms with Crippen LogP contribution in [0.2, 0.25) is 5.15 Å². The number of rotatable bonds is 1. The minimum absolute atomic E-state index is 0.510. The number of halogens is 1. The summed E-state index contributed by atoms with van der Waals surface area (Å²) >= 11 is 8.18. The molecule has 0 bridgehead atoms. The molecule has 3 rings (SSSR count). The molecule has 0 unspecified atom stereocenters. The number of fused-ring (bicyclic) bond motifs is 1. The van der Waals surface area contributed by atoms with E-state index >= 15 is 0 Å². The van der Waals surface area contributed by atoms with E-state index in [0.717, 1.165) is 41.4 Å². The van der Waals surface area contributed by atoms with Crippen molar-refractivity contribution in [1.29, 1.82) is 0 Å². The number of hydrogen-bond acceptors (Lipinski definition) is 4. The minimum atomic E-state index is 0.510. The van der Waals surface area contributed by atoms with E-state index in [1.807, 2.05) is 36.0 Å². The van der Waals surface area contributed by atoms with Crippen LogP contribution in [0.3, 0.4) is 0 Å². The first-order chi connectivity index (χ1) is 8.34. The van der Waals surface area contributed by atoms with E-state index in [-0.39, 0.29) is 0 Å². The Hall–Kier alpha value is -1.000. The second kappa shape index (κ2) is 4.70. The van der Waals surface area contributed by atoms with Gasteiger partial charge in [-0.1, -0.05) is 23.7 Å². The number of thioether (sulfide) groups is 1. The summed E-state index contributed by atoms with van der Waals surface area (Å²) in [7, 11) is 0. The Balaban J connectivity index is 2.06. The van der Waals surface area contributed by atoms with Gasteiger partial charge in [0.25, 0.3) is 0 Å². The van der Waals surface area contributed by atoms with Gasteiger partial charge in [-0.2, -0.15) is 11.8 Å². The second-order valence-electron chi connectivity index (χ2n) is 3.93. The highest BCUT2D eigenvalue weighted by Gasteiger charge is 2.17. The number of benzene rings is 1. The summed E-state index contributed by atoms with van der Waals surface area (Å²) in [6.45, 7) is 1.99. The molecule has 1 saturated heterocycles. The first kappa shape index (κ1) is 11.1. The fraction of sp³-hybridized carbons (Fsp3) is 0.333. The fourth-order valence-corrected chi connectivity index (χ4v) is 3.10. The van der Waals surface area contributed by atoms with Crippen molar-refractivity contribution in [2.75, 3.05) is 29.5 Å². The predicted octanol–water partition coefficient (Wildman–Crippen LogP) is 2.84. The van der Waals surface area contributed by atoms with Crippen molar-refractivity contribution in [2.45, 2.75) is 0 Å². The number of hydrogen-bond donors (Lipinski definition) is 0. The average Bonchev–Trinajstić information content (AvgIpc) is 2.39. The largest absolute Gasteiger partial charge is 0.352 e. The molecule has 0 N–H and O–H groups in total. The number of nitrogens with zero attached hydrogens (tertiary/aromatic N) is 3. The molecule has 5 heteroatoms. The molecule has 17 heavy (non-hydrogen) atoms. The van der Waals surface area contributed by atoms with Gasteiger partial charge in [0.2, 0.25) is 0 Å². The van der Waals surface area contributed by atoms with Crippen LogP contribution in [-0.2, 0) is 0 Å². The van der Waals surface area contributed by atoms with Crippen molar-refractivity contribution in [2.24, 2.45) is 0 Å². The number of aromatic nitrogens is 2. The molecule has 1 aromatic heterocycles. The lowest BCUT2D eigenvalue weighted by molar-refractivity contribution is 0.839. The Morgan fingerprint density at radius 1 is 1.06 bits per heavy atom. The van der Waals surface area contributed by atoms with Gasteiger partial charge in [0.15, 0.2) is 11.0 Å². The first-order valence-corrected chi connectivity index (χ1v) is 7.13. The van der Waals surface area contributed by atoms with Gasteiger partial charge in [-0.05, 0) is 12.1 Å². The third-order valence-corrected chi connectivity index (χ3v) is 4.02. The summed E-state index contributed by atoms with van der Waals surface area (Å²) in [6, 6.07) is 7.83. The van der Waals surface area contributed by atoms with Crippen molar-refractivity contribution in [1.82, 2.24) is 9.97 Å². The zero-order chi connectivity index (χ0) is 11.7. The topological polar surface area (TPSA) is 29.0 Å². The maximum Gasteiger partial charge on any atom is 0.172 e. The summed E-state index contributed by atoms with van der Waals surface area (Å²) in [4.78, 5) is 11.2. The lowest BCUT2D eigenvalue weighted by Crippen LogP contribution is -2.33. The van der Waals surface area contributed by atoms with Gasteiger partial charge >= 0.3 is 0 Å². The van der Waals surface area contributed by atoms with Crippen LogP contribution in [0.1, 0.15) is 0 Å². The summed E-state index contributed by atoms with van der Waals surface area (Å²) < 4.78 is 0. The maximum atomic E-state index is 6.21. The average molecular weight is 266 g/mol. The number of anilines is 1. The van der Waals surface area contributed by atoms with Crippen molar-refractivity contribution in [3.8, 4) is 0 Å². The van der Waals surface area contributed by atoms with Crippen molar-refractivity contribution >= 4 is 40.2 Å². The standard InChI is InChI=1S/C12H12ClN3S/c13-11-12(16-5-7-17-8-6-16)15-10-4-2-1-3-9(10)14-11/h1-4H,5-8H2. The molecule has 0 saturated carbocycles. The van der Waals surface area contributed by atoms with E-state index in [1.165, 1.54) is 0 Å². The highest BCUT2D eigenvalue weighted by molar-refractivity contribution is 7.99. The van der Waals surface area contributed by atoms with Crippen molar-refractivity contribution in [3.63, 3.8) is 0 Å². The molecule has 2 aromatic rings. The van der Waals surface area contributed by atoms with Gasteiger partial charge in [-0.3, -0.25) is 0 Å². The Kier molecular flexibility index (Phi) is 3.07. The quantitative estimate of drug-likeness (QED) is 0.793. The highest BCUT2D eigenvalue weighted by Crippen LogP contribution is 2.26. The Morgan fingerprint density at radius 2 is 1.71 bits per heavy atom. The molecule has 88 valence electrons. The van der Waals surface area contributed by atoms with Gasteiger partial charge < -0.3 is 4.90 Å². The zero-order valence-electron chi connectivity index (χ0n) is 9.27. The predicted molar refractivity (Wildman–Crippen MR) is 74.1 cm³/mol. The van der Waals surface area contributed by atoms with Gasteiger partial charge in [-0.15, -0.1) is 0 Å². The van der Waals surface area contributed by atoms with E-state index in [9.17, 15) is 0 Å².